The summed E-state index contributed by atoms with van der Waals surface area (Å²) in [5.41, 5.74) is 8.16. The van der Waals surface area contributed by atoms with Crippen LogP contribution < -0.4 is 49.7 Å². The van der Waals surface area contributed by atoms with Gasteiger partial charge in [0.05, 0.1) is 67.9 Å². The van der Waals surface area contributed by atoms with E-state index in [0.29, 0.717) is 120 Å². The van der Waals surface area contributed by atoms with Crippen LogP contribution in [0.15, 0.2) is 176 Å². The Kier molecular flexibility index (Phi) is 44.7. The minimum atomic E-state index is -0.832. The fourth-order valence-corrected chi connectivity index (χ4v) is 21.7. The third-order valence-electron chi connectivity index (χ3n) is 29.4. The van der Waals surface area contributed by atoms with Gasteiger partial charge in [-0.05, 0) is 297 Å². The van der Waals surface area contributed by atoms with E-state index in [1.165, 1.54) is 42.0 Å². The van der Waals surface area contributed by atoms with Gasteiger partial charge < -0.3 is 94.3 Å². The molecule has 9 fully saturated rings. The Labute approximate surface area is 900 Å². The zero-order chi connectivity index (χ0) is 103. The standard InChI is InChI=1S/3C27H34ClN3O4.C13H16ClNO2.C12H14ClNO2.C6H11NO2.ClH/c3*28-22-6-3-19(4-7-22)16-31-12-9-21(17-31)27(33)29-23(18-30-10-1-2-11-30)26(32)20-5-8-24-25(15-20)35-14-13-34-24;1-17-13(16)11-6-7-15(9-11)8-10-2-4-12(14)5-3-10;13-11-3-1-9(2-4-11)7-14-6-5-10(8-14)12(15)16;1-9-6(8)5-2-3-7-4-5;/h3*3-8,15,21,23,26,32H,1-2,9-14,16-18H2,(H,29,33);2-5,11H,6-9H2,1H3;1-4,10H,5-8H2,(H,15,16);5,7H,2-4H2,1H3;1H/t21?,23-,26-;21-,23+,26+;21-,23-,26-;;;;/m101..../s1. The van der Waals surface area contributed by atoms with Gasteiger partial charge in [-0.2, -0.15) is 0 Å². The van der Waals surface area contributed by atoms with Crippen LogP contribution in [0.4, 0.5) is 0 Å². The van der Waals surface area contributed by atoms with Crippen molar-refractivity contribution in [2.75, 3.05) is 191 Å². The molecular weight excluding hydrogens is 2010 g/mol. The number of likely N-dealkylation sites (tertiary alicyclic amines) is 8. The van der Waals surface area contributed by atoms with E-state index in [2.05, 4.69) is 65.2 Å². The average molecular weight is 2160 g/mol. The van der Waals surface area contributed by atoms with Gasteiger partial charge in [0.15, 0.2) is 34.5 Å². The van der Waals surface area contributed by atoms with Crippen LogP contribution in [-0.2, 0) is 71.0 Å². The molecule has 0 saturated carbocycles. The molecule has 12 aliphatic heterocycles. The molecule has 8 aromatic carbocycles. The number of halogens is 6. The molecule has 12 aliphatic rings. The van der Waals surface area contributed by atoms with Crippen molar-refractivity contribution in [1.82, 2.24) is 60.5 Å². The zero-order valence-corrected chi connectivity index (χ0v) is 89.3. The van der Waals surface area contributed by atoms with Gasteiger partial charge in [0.25, 0.3) is 0 Å². The molecule has 12 heterocycles. The smallest absolute Gasteiger partial charge is 0.310 e. The monoisotopic (exact) mass is 2150 g/mol. The van der Waals surface area contributed by atoms with Crippen LogP contribution in [0.3, 0.4) is 0 Å². The minimum absolute atomic E-state index is 0. The van der Waals surface area contributed by atoms with Gasteiger partial charge in [0.1, 0.15) is 58.0 Å². The fraction of sp³-hybridized carbons (Fsp3) is 0.518. The van der Waals surface area contributed by atoms with Gasteiger partial charge >= 0.3 is 17.9 Å². The van der Waals surface area contributed by atoms with Crippen molar-refractivity contribution in [3.05, 3.63) is 246 Å². The number of carboxylic acids is 1. The number of nitrogens with one attached hydrogen (secondary N) is 4. The van der Waals surface area contributed by atoms with E-state index in [0.717, 1.165) is 243 Å². The van der Waals surface area contributed by atoms with Gasteiger partial charge in [0.2, 0.25) is 17.7 Å². The first-order valence-corrected chi connectivity index (χ1v) is 54.0. The Hall–Kier alpha value is -9.36. The summed E-state index contributed by atoms with van der Waals surface area (Å²) in [7, 11) is 2.88. The summed E-state index contributed by atoms with van der Waals surface area (Å²) in [6.07, 6.45) is 9.45. The first-order valence-electron chi connectivity index (χ1n) is 52.1. The number of nitrogens with zero attached hydrogens (tertiary/aromatic N) is 8. The molecule has 36 heteroatoms. The average Bonchev–Trinajstić information content (AvgIpc) is 0.874. The maximum absolute atomic E-state index is 13.3. The van der Waals surface area contributed by atoms with Crippen LogP contribution in [-0.4, -0.2) is 305 Å². The molecule has 3 amide bonds. The molecule has 0 aromatic heterocycles. The van der Waals surface area contributed by atoms with Crippen LogP contribution in [0.5, 0.6) is 34.5 Å². The van der Waals surface area contributed by atoms with Crippen LogP contribution in [0, 0.1) is 35.5 Å². The molecule has 0 radical (unpaired) electrons. The predicted octanol–water partition coefficient (Wildman–Crippen LogP) is 14.5. The summed E-state index contributed by atoms with van der Waals surface area (Å²) in [4.78, 5) is 91.2. The molecule has 12 atom stereocenters. The predicted molar refractivity (Wildman–Crippen MR) is 574 cm³/mol. The number of benzene rings is 8. The summed E-state index contributed by atoms with van der Waals surface area (Å²) in [6, 6.07) is 54.6. The lowest BCUT2D eigenvalue weighted by molar-refractivity contribution is -0.145. The van der Waals surface area contributed by atoms with Gasteiger partial charge in [-0.1, -0.05) is 137 Å². The number of carbonyl (C=O) groups is 6. The van der Waals surface area contributed by atoms with Gasteiger partial charge in [-0.25, -0.2) is 0 Å². The van der Waals surface area contributed by atoms with Crippen molar-refractivity contribution >= 4 is 106 Å². The number of aliphatic hydroxyl groups excluding tert-OH is 3. The summed E-state index contributed by atoms with van der Waals surface area (Å²) in [5.74, 6) is 2.89. The third-order valence-corrected chi connectivity index (χ3v) is 30.6. The van der Waals surface area contributed by atoms with Crippen LogP contribution in [0.2, 0.25) is 25.1 Å². The van der Waals surface area contributed by atoms with Gasteiger partial charge in [0, 0.05) is 117 Å². The summed E-state index contributed by atoms with van der Waals surface area (Å²) < 4.78 is 43.3. The molecule has 8 aromatic rings. The van der Waals surface area contributed by atoms with E-state index in [-0.39, 0.29) is 77.6 Å². The van der Waals surface area contributed by atoms with Crippen LogP contribution in [0.1, 0.15) is 140 Å². The van der Waals surface area contributed by atoms with Crippen LogP contribution >= 0.6 is 70.4 Å². The van der Waals surface area contributed by atoms with Gasteiger partial charge in [-0.15, -0.1) is 12.4 Å². The quantitative estimate of drug-likeness (QED) is 0.0187. The first kappa shape index (κ1) is 114. The number of fused-ring (bicyclic) bond motifs is 3. The molecule has 148 heavy (non-hydrogen) atoms. The number of ether oxygens (including phenoxy) is 8. The highest BCUT2D eigenvalue weighted by molar-refractivity contribution is 6.31. The zero-order valence-electron chi connectivity index (χ0n) is 84.7. The lowest BCUT2D eigenvalue weighted by Gasteiger charge is -2.30. The number of rotatable bonds is 31. The van der Waals surface area contributed by atoms with E-state index in [1.54, 1.807) is 0 Å². The van der Waals surface area contributed by atoms with E-state index < -0.39 is 42.4 Å². The molecule has 4 unspecified atom stereocenters. The van der Waals surface area contributed by atoms with E-state index >= 15 is 0 Å². The maximum atomic E-state index is 13.3. The van der Waals surface area contributed by atoms with E-state index in [1.807, 2.05) is 176 Å². The molecule has 9 saturated heterocycles. The number of carboxylic acid groups (broad SMARTS) is 1. The van der Waals surface area contributed by atoms with Crippen molar-refractivity contribution in [2.45, 2.75) is 146 Å². The number of hydrogen-bond acceptors (Lipinski definition) is 26. The number of aliphatic carboxylic acids is 1. The Balaban J connectivity index is 0.000000147. The Morgan fingerprint density at radius 2 is 0.568 bits per heavy atom. The van der Waals surface area contributed by atoms with Crippen molar-refractivity contribution in [1.29, 1.82) is 0 Å². The molecular formula is C112H144Cl6N12O18. The minimum Gasteiger partial charge on any atom is -0.486 e. The number of hydrogen-bond donors (Lipinski definition) is 8. The van der Waals surface area contributed by atoms with Crippen LogP contribution in [0.25, 0.3) is 0 Å². The second-order valence-electron chi connectivity index (χ2n) is 40.2. The van der Waals surface area contributed by atoms with Crippen molar-refractivity contribution < 1.29 is 87.1 Å². The maximum Gasteiger partial charge on any atom is 0.310 e. The lowest BCUT2D eigenvalue weighted by Crippen LogP contribution is -2.48. The molecule has 20 rings (SSSR count). The highest BCUT2D eigenvalue weighted by atomic mass is 35.5. The molecule has 802 valence electrons. The van der Waals surface area contributed by atoms with Crippen molar-refractivity contribution in [3.63, 3.8) is 0 Å². The second-order valence-corrected chi connectivity index (χ2v) is 42.4. The number of methoxy groups -OCH3 is 2. The molecule has 0 aliphatic carbocycles. The number of carbonyl (C=O) groups excluding carboxylic acids is 5. The Bertz CT molecular complexity index is 5130. The molecule has 0 bridgehead atoms. The number of amides is 3. The Morgan fingerprint density at radius 1 is 0.324 bits per heavy atom. The SMILES string of the molecule is COC(=O)C1CCN(Cc2ccc(Cl)cc2)C1.COC(=O)C1CCNC1.Cl.O=C(N[C@H](CN1CCCC1)[C@H](O)c1ccc2c(c1)OCCO2)C1CCN(Cc2ccc(Cl)cc2)C1.O=C(N[C@H](CN1CCCC1)[C@H](O)c1ccc2c(c1)OCCO2)[C@@H]1CCN(Cc2ccc(Cl)cc2)C1.O=C(N[C@H](CN1CCCC1)[C@H](O)c1ccc2c(c1)OCCO2)[C@H]1CCN(Cc2ccc(Cl)cc2)C1.O=C(O)C1CCN(Cc2ccc(Cl)cc2)C1. The largest absolute Gasteiger partial charge is 0.486 e. The summed E-state index contributed by atoms with van der Waals surface area (Å²) >= 11 is 29.6. The fourth-order valence-electron chi connectivity index (χ4n) is 21.1. The normalized spacial score (nSPS) is 22.0. The van der Waals surface area contributed by atoms with Crippen molar-refractivity contribution in [3.8, 4) is 34.5 Å². The first-order chi connectivity index (χ1) is 71.3. The Morgan fingerprint density at radius 3 is 0.818 bits per heavy atom. The molecule has 8 N–H and O–H groups in total. The third kappa shape index (κ3) is 34.6. The molecule has 0 spiro atoms. The number of esters is 2. The summed E-state index contributed by atoms with van der Waals surface area (Å²) in [6.45, 7) is 24.8. The summed E-state index contributed by atoms with van der Waals surface area (Å²) in [5, 5.41) is 59.3. The van der Waals surface area contributed by atoms with E-state index in [9.17, 15) is 44.1 Å². The van der Waals surface area contributed by atoms with E-state index in [4.69, 9.17) is 96.3 Å². The lowest BCUT2D eigenvalue weighted by atomic mass is 9.99. The highest BCUT2D eigenvalue weighted by Crippen LogP contribution is 2.39. The molecule has 30 nitrogen and oxygen atoms in total. The van der Waals surface area contributed by atoms with Gasteiger partial charge in [-0.3, -0.25) is 53.3 Å². The topological polar surface area (TPSA) is 331 Å². The second kappa shape index (κ2) is 57.9. The highest BCUT2D eigenvalue weighted by Gasteiger charge is 2.40. The van der Waals surface area contributed by atoms with Crippen molar-refractivity contribution in [2.24, 2.45) is 35.5 Å². The number of aliphatic hydroxyl groups is 3.